The number of hydrogen-bond donors (Lipinski definition) is 1. The molecule has 0 bridgehead atoms. The summed E-state index contributed by atoms with van der Waals surface area (Å²) in [5.74, 6) is 1.03. The minimum atomic E-state index is -0.0355. The Labute approximate surface area is 177 Å². The van der Waals surface area contributed by atoms with E-state index in [1.807, 2.05) is 31.2 Å². The molecule has 9 heteroatoms. The fourth-order valence-electron chi connectivity index (χ4n) is 3.17. The summed E-state index contributed by atoms with van der Waals surface area (Å²) < 4.78 is 11.7. The van der Waals surface area contributed by atoms with Gasteiger partial charge in [-0.2, -0.15) is 0 Å². The lowest BCUT2D eigenvalue weighted by Crippen LogP contribution is -2.32. The Kier molecular flexibility index (Phi) is 6.27. The Balaban J connectivity index is 1.49. The second kappa shape index (κ2) is 9.06. The molecular weight excluding hydrogens is 408 g/mol. The second-order valence-electron chi connectivity index (χ2n) is 6.72. The summed E-state index contributed by atoms with van der Waals surface area (Å²) in [5.41, 5.74) is 2.54. The van der Waals surface area contributed by atoms with Gasteiger partial charge in [-0.3, -0.25) is 4.79 Å². The number of carbonyl (C=O) groups is 1. The van der Waals surface area contributed by atoms with E-state index < -0.39 is 0 Å². The van der Waals surface area contributed by atoms with Crippen LogP contribution >= 0.6 is 23.1 Å². The number of fused-ring (bicyclic) bond motifs is 1. The number of hydrogen-bond acceptors (Lipinski definition) is 8. The first-order valence-corrected chi connectivity index (χ1v) is 11.2. The molecule has 1 unspecified atom stereocenters. The number of aryl methyl sites for hydroxylation is 1. The van der Waals surface area contributed by atoms with Gasteiger partial charge < -0.3 is 14.8 Å². The maximum absolute atomic E-state index is 12.2. The fraction of sp³-hybridized carbons (Fsp3) is 0.400. The summed E-state index contributed by atoms with van der Waals surface area (Å²) in [6, 6.07) is 7.72. The number of amides is 1. The molecule has 3 heterocycles. The minimum Gasteiger partial charge on any atom is -0.497 e. The maximum atomic E-state index is 12.2. The molecule has 152 valence electrons. The molecule has 1 fully saturated rings. The quantitative estimate of drug-likeness (QED) is 0.575. The van der Waals surface area contributed by atoms with E-state index in [9.17, 15) is 4.79 Å². The van der Waals surface area contributed by atoms with Crippen molar-refractivity contribution in [2.45, 2.75) is 30.9 Å². The van der Waals surface area contributed by atoms with Crippen LogP contribution in [0.4, 0.5) is 0 Å². The molecule has 1 N–H and O–H groups in total. The number of carbonyl (C=O) groups excluding carboxylic acids is 1. The molecule has 0 aliphatic carbocycles. The van der Waals surface area contributed by atoms with E-state index in [1.165, 1.54) is 11.8 Å². The lowest BCUT2D eigenvalue weighted by atomic mass is 10.1. The first-order chi connectivity index (χ1) is 14.1. The molecule has 29 heavy (non-hydrogen) atoms. The third-order valence-corrected chi connectivity index (χ3v) is 6.58. The van der Waals surface area contributed by atoms with Gasteiger partial charge in [0.15, 0.2) is 0 Å². The monoisotopic (exact) mass is 430 g/mol. The van der Waals surface area contributed by atoms with Crippen molar-refractivity contribution in [3.63, 3.8) is 0 Å². The van der Waals surface area contributed by atoms with Gasteiger partial charge in [0.2, 0.25) is 5.91 Å². The Bertz CT molecular complexity index is 1000. The van der Waals surface area contributed by atoms with Crippen LogP contribution in [-0.2, 0) is 9.53 Å². The standard InChI is InChI=1S/C20H22N4O3S2/c1-12-22-18-19(29-12)17(13-5-7-14(26-2)8-6-13)23-24-20(18)28-11-16(25)21-10-15-4-3-9-27-15/h5-8,15H,3-4,9-11H2,1-2H3,(H,21,25). The number of methoxy groups -OCH3 is 1. The Hall–Kier alpha value is -2.23. The van der Waals surface area contributed by atoms with E-state index in [0.29, 0.717) is 11.6 Å². The van der Waals surface area contributed by atoms with Crippen LogP contribution in [0.3, 0.4) is 0 Å². The molecule has 1 aliphatic heterocycles. The summed E-state index contributed by atoms with van der Waals surface area (Å²) in [5, 5.41) is 13.4. The zero-order chi connectivity index (χ0) is 20.2. The third-order valence-electron chi connectivity index (χ3n) is 4.65. The molecule has 1 aliphatic rings. The number of rotatable bonds is 7. The van der Waals surface area contributed by atoms with Crippen LogP contribution in [0.15, 0.2) is 29.3 Å². The smallest absolute Gasteiger partial charge is 0.230 e. The molecule has 1 aromatic carbocycles. The summed E-state index contributed by atoms with van der Waals surface area (Å²) in [7, 11) is 1.64. The van der Waals surface area contributed by atoms with Gasteiger partial charge >= 0.3 is 0 Å². The molecular formula is C20H22N4O3S2. The highest BCUT2D eigenvalue weighted by Crippen LogP contribution is 2.35. The van der Waals surface area contributed by atoms with Crippen LogP contribution in [-0.4, -0.2) is 53.2 Å². The molecule has 1 atom stereocenters. The molecule has 0 saturated carbocycles. The van der Waals surface area contributed by atoms with Crippen molar-refractivity contribution in [2.24, 2.45) is 0 Å². The molecule has 1 amide bonds. The first-order valence-electron chi connectivity index (χ1n) is 9.43. The molecule has 0 spiro atoms. The predicted molar refractivity (Wildman–Crippen MR) is 115 cm³/mol. The summed E-state index contributed by atoms with van der Waals surface area (Å²) >= 11 is 2.95. The number of nitrogens with one attached hydrogen (secondary N) is 1. The highest BCUT2D eigenvalue weighted by atomic mass is 32.2. The number of benzene rings is 1. The van der Waals surface area contributed by atoms with Crippen molar-refractivity contribution < 1.29 is 14.3 Å². The number of nitrogens with zero attached hydrogens (tertiary/aromatic N) is 3. The highest BCUT2D eigenvalue weighted by molar-refractivity contribution is 8.00. The normalized spacial score (nSPS) is 16.3. The van der Waals surface area contributed by atoms with Gasteiger partial charge in [0.1, 0.15) is 22.0 Å². The summed E-state index contributed by atoms with van der Waals surface area (Å²) in [6.45, 7) is 3.31. The van der Waals surface area contributed by atoms with E-state index in [2.05, 4.69) is 20.5 Å². The van der Waals surface area contributed by atoms with Crippen LogP contribution in [0.2, 0.25) is 0 Å². The van der Waals surface area contributed by atoms with Gasteiger partial charge in [-0.25, -0.2) is 4.98 Å². The van der Waals surface area contributed by atoms with Crippen molar-refractivity contribution in [3.8, 4) is 17.0 Å². The van der Waals surface area contributed by atoms with E-state index in [0.717, 1.165) is 51.7 Å². The predicted octanol–water partition coefficient (Wildman–Crippen LogP) is 3.46. The number of thiazole rings is 1. The topological polar surface area (TPSA) is 86.2 Å². The van der Waals surface area contributed by atoms with Crippen LogP contribution in [0, 0.1) is 6.92 Å². The average molecular weight is 431 g/mol. The van der Waals surface area contributed by atoms with E-state index in [1.54, 1.807) is 18.4 Å². The lowest BCUT2D eigenvalue weighted by Gasteiger charge is -2.10. The number of ether oxygens (including phenoxy) is 2. The van der Waals surface area contributed by atoms with Gasteiger partial charge in [-0.15, -0.1) is 21.5 Å². The maximum Gasteiger partial charge on any atom is 0.230 e. The molecule has 4 rings (SSSR count). The first kappa shape index (κ1) is 20.1. The van der Waals surface area contributed by atoms with Crippen molar-refractivity contribution >= 4 is 39.2 Å². The van der Waals surface area contributed by atoms with E-state index in [4.69, 9.17) is 9.47 Å². The Morgan fingerprint density at radius 3 is 2.90 bits per heavy atom. The lowest BCUT2D eigenvalue weighted by molar-refractivity contribution is -0.119. The van der Waals surface area contributed by atoms with Crippen molar-refractivity contribution in [1.82, 2.24) is 20.5 Å². The van der Waals surface area contributed by atoms with Gasteiger partial charge in [-0.05, 0) is 44.0 Å². The van der Waals surface area contributed by atoms with Gasteiger partial charge in [0, 0.05) is 18.7 Å². The van der Waals surface area contributed by atoms with E-state index >= 15 is 0 Å². The van der Waals surface area contributed by atoms with Crippen molar-refractivity contribution in [2.75, 3.05) is 26.0 Å². The van der Waals surface area contributed by atoms with E-state index in [-0.39, 0.29) is 17.8 Å². The van der Waals surface area contributed by atoms with Crippen LogP contribution in [0.25, 0.3) is 21.5 Å². The van der Waals surface area contributed by atoms with Crippen LogP contribution < -0.4 is 10.1 Å². The van der Waals surface area contributed by atoms with Crippen LogP contribution in [0.5, 0.6) is 5.75 Å². The Morgan fingerprint density at radius 2 is 2.17 bits per heavy atom. The van der Waals surface area contributed by atoms with Gasteiger partial charge in [-0.1, -0.05) is 11.8 Å². The van der Waals surface area contributed by atoms with Crippen molar-refractivity contribution in [1.29, 1.82) is 0 Å². The molecule has 0 radical (unpaired) electrons. The molecule has 2 aromatic heterocycles. The SMILES string of the molecule is COc1ccc(-c2nnc(SCC(=O)NCC3CCCO3)c3nc(C)sc23)cc1. The minimum absolute atomic E-state index is 0.0355. The summed E-state index contributed by atoms with van der Waals surface area (Å²) in [6.07, 6.45) is 2.21. The fourth-order valence-corrected chi connectivity index (χ4v) is 4.92. The van der Waals surface area contributed by atoms with Crippen LogP contribution in [0.1, 0.15) is 17.8 Å². The zero-order valence-electron chi connectivity index (χ0n) is 16.3. The average Bonchev–Trinajstić information content (AvgIpc) is 3.39. The zero-order valence-corrected chi connectivity index (χ0v) is 17.9. The Morgan fingerprint density at radius 1 is 1.34 bits per heavy atom. The number of thioether (sulfide) groups is 1. The van der Waals surface area contributed by atoms with Crippen molar-refractivity contribution in [3.05, 3.63) is 29.3 Å². The summed E-state index contributed by atoms with van der Waals surface area (Å²) in [4.78, 5) is 16.8. The number of aromatic nitrogens is 3. The van der Waals surface area contributed by atoms with Gasteiger partial charge in [0.25, 0.3) is 0 Å². The van der Waals surface area contributed by atoms with Gasteiger partial charge in [0.05, 0.1) is 28.7 Å². The molecule has 3 aromatic rings. The highest BCUT2D eigenvalue weighted by Gasteiger charge is 2.18. The molecule has 7 nitrogen and oxygen atoms in total. The third kappa shape index (κ3) is 4.68. The molecule has 1 saturated heterocycles. The largest absolute Gasteiger partial charge is 0.497 e. The second-order valence-corrected chi connectivity index (χ2v) is 8.89.